The third kappa shape index (κ3) is 4.46. The molecule has 2 rings (SSSR count). The van der Waals surface area contributed by atoms with Gasteiger partial charge in [0, 0.05) is 22.6 Å². The summed E-state index contributed by atoms with van der Waals surface area (Å²) in [6.45, 7) is 3.22. The largest absolute Gasteiger partial charge is 0.310 e. The zero-order chi connectivity index (χ0) is 13.0. The molecule has 0 aliphatic heterocycles. The number of hydrogen-bond acceptors (Lipinski definition) is 1. The lowest BCUT2D eigenvalue weighted by molar-refractivity contribution is 0.447. The van der Waals surface area contributed by atoms with Gasteiger partial charge in [0.05, 0.1) is 0 Å². The van der Waals surface area contributed by atoms with Gasteiger partial charge in [0.25, 0.3) is 0 Å². The van der Waals surface area contributed by atoms with Crippen LogP contribution in [-0.4, -0.2) is 6.04 Å². The maximum Gasteiger partial charge on any atom is 0.0424 e. The second-order valence-electron chi connectivity index (χ2n) is 5.47. The fraction of sp³-hybridized carbons (Fsp3) is 0.600. The Balaban J connectivity index is 1.86. The molecule has 100 valence electrons. The number of rotatable bonds is 3. The highest BCUT2D eigenvalue weighted by molar-refractivity contribution is 6.34. The molecule has 0 spiro atoms. The summed E-state index contributed by atoms with van der Waals surface area (Å²) in [7, 11) is 0. The zero-order valence-electron chi connectivity index (χ0n) is 10.9. The predicted molar refractivity (Wildman–Crippen MR) is 79.3 cm³/mol. The van der Waals surface area contributed by atoms with Crippen LogP contribution in [-0.2, 0) is 6.54 Å². The van der Waals surface area contributed by atoms with Gasteiger partial charge in [-0.3, -0.25) is 0 Å². The van der Waals surface area contributed by atoms with E-state index >= 15 is 0 Å². The lowest BCUT2D eigenvalue weighted by atomic mass is 10.0. The van der Waals surface area contributed by atoms with Gasteiger partial charge in [-0.1, -0.05) is 43.0 Å². The zero-order valence-corrected chi connectivity index (χ0v) is 12.4. The second-order valence-corrected chi connectivity index (χ2v) is 6.34. The first kappa shape index (κ1) is 14.2. The Labute approximate surface area is 120 Å². The van der Waals surface area contributed by atoms with Crippen LogP contribution in [0.5, 0.6) is 0 Å². The Morgan fingerprint density at radius 3 is 2.50 bits per heavy atom. The molecule has 18 heavy (non-hydrogen) atoms. The summed E-state index contributed by atoms with van der Waals surface area (Å²) in [5.74, 6) is 0.886. The molecule has 1 saturated carbocycles. The van der Waals surface area contributed by atoms with Crippen molar-refractivity contribution in [1.82, 2.24) is 5.32 Å². The van der Waals surface area contributed by atoms with Crippen LogP contribution in [0.25, 0.3) is 0 Å². The molecular weight excluding hydrogens is 265 g/mol. The van der Waals surface area contributed by atoms with E-state index in [9.17, 15) is 0 Å². The molecule has 1 fully saturated rings. The first-order valence-corrected chi connectivity index (χ1v) is 7.57. The molecular formula is C15H21Cl2N. The third-order valence-electron chi connectivity index (χ3n) is 3.77. The monoisotopic (exact) mass is 285 g/mol. The topological polar surface area (TPSA) is 12.0 Å². The average molecular weight is 286 g/mol. The normalized spacial score (nSPS) is 24.8. The van der Waals surface area contributed by atoms with Gasteiger partial charge in [-0.2, -0.15) is 0 Å². The Morgan fingerprint density at radius 1 is 1.06 bits per heavy atom. The summed E-state index contributed by atoms with van der Waals surface area (Å²) >= 11 is 12.0. The van der Waals surface area contributed by atoms with Crippen LogP contribution in [0.3, 0.4) is 0 Å². The van der Waals surface area contributed by atoms with Crippen molar-refractivity contribution < 1.29 is 0 Å². The molecule has 3 heteroatoms. The SMILES string of the molecule is CC1CCCC(NCc2cc(Cl)cc(Cl)c2)CC1. The quantitative estimate of drug-likeness (QED) is 0.766. The molecule has 1 N–H and O–H groups in total. The maximum atomic E-state index is 6.00. The summed E-state index contributed by atoms with van der Waals surface area (Å²) in [5, 5.41) is 5.07. The smallest absolute Gasteiger partial charge is 0.0424 e. The summed E-state index contributed by atoms with van der Waals surface area (Å²) < 4.78 is 0. The standard InChI is InChI=1S/C15H21Cl2N/c1-11-3-2-4-15(6-5-11)18-10-12-7-13(16)9-14(17)8-12/h7-9,11,15,18H,2-6,10H2,1H3. The van der Waals surface area contributed by atoms with Crippen molar-refractivity contribution in [2.45, 2.75) is 51.6 Å². The van der Waals surface area contributed by atoms with Crippen molar-refractivity contribution in [3.05, 3.63) is 33.8 Å². The van der Waals surface area contributed by atoms with Gasteiger partial charge in [-0.05, 0) is 48.9 Å². The van der Waals surface area contributed by atoms with Crippen molar-refractivity contribution in [3.63, 3.8) is 0 Å². The van der Waals surface area contributed by atoms with Crippen LogP contribution >= 0.6 is 23.2 Å². The number of nitrogens with one attached hydrogen (secondary N) is 1. The van der Waals surface area contributed by atoms with E-state index in [-0.39, 0.29) is 0 Å². The van der Waals surface area contributed by atoms with Gasteiger partial charge < -0.3 is 5.32 Å². The molecule has 0 heterocycles. The van der Waals surface area contributed by atoms with Crippen LogP contribution in [0.1, 0.15) is 44.6 Å². The predicted octanol–water partition coefficient (Wildman–Crippen LogP) is 5.05. The van der Waals surface area contributed by atoms with Crippen molar-refractivity contribution in [1.29, 1.82) is 0 Å². The molecule has 1 aliphatic carbocycles. The highest BCUT2D eigenvalue weighted by Gasteiger charge is 2.15. The number of halogens is 2. The molecule has 2 atom stereocenters. The van der Waals surface area contributed by atoms with Gasteiger partial charge in [0.15, 0.2) is 0 Å². The van der Waals surface area contributed by atoms with E-state index in [0.29, 0.717) is 16.1 Å². The van der Waals surface area contributed by atoms with Crippen molar-refractivity contribution in [2.75, 3.05) is 0 Å². The Bertz CT molecular complexity index is 372. The van der Waals surface area contributed by atoms with E-state index < -0.39 is 0 Å². The minimum Gasteiger partial charge on any atom is -0.310 e. The van der Waals surface area contributed by atoms with Gasteiger partial charge in [0.1, 0.15) is 0 Å². The minimum atomic E-state index is 0.646. The molecule has 1 nitrogen and oxygen atoms in total. The molecule has 2 unspecified atom stereocenters. The molecule has 1 aromatic rings. The van der Waals surface area contributed by atoms with E-state index in [0.717, 1.165) is 12.5 Å². The molecule has 0 amide bonds. The number of hydrogen-bond donors (Lipinski definition) is 1. The van der Waals surface area contributed by atoms with Crippen LogP contribution < -0.4 is 5.32 Å². The lowest BCUT2D eigenvalue weighted by Gasteiger charge is -2.16. The highest BCUT2D eigenvalue weighted by Crippen LogP contribution is 2.23. The molecule has 1 aromatic carbocycles. The van der Waals surface area contributed by atoms with Crippen LogP contribution in [0.15, 0.2) is 18.2 Å². The first-order chi connectivity index (χ1) is 8.63. The fourth-order valence-electron chi connectivity index (χ4n) is 2.67. The number of benzene rings is 1. The minimum absolute atomic E-state index is 0.646. The Kier molecular flexibility index (Phi) is 5.35. The van der Waals surface area contributed by atoms with Crippen LogP contribution in [0.4, 0.5) is 0 Å². The first-order valence-electron chi connectivity index (χ1n) is 6.82. The fourth-order valence-corrected chi connectivity index (χ4v) is 3.24. The highest BCUT2D eigenvalue weighted by atomic mass is 35.5. The molecule has 1 aliphatic rings. The van der Waals surface area contributed by atoms with E-state index in [4.69, 9.17) is 23.2 Å². The third-order valence-corrected chi connectivity index (χ3v) is 4.21. The van der Waals surface area contributed by atoms with E-state index in [1.807, 2.05) is 12.1 Å². The molecule has 0 saturated heterocycles. The lowest BCUT2D eigenvalue weighted by Crippen LogP contribution is -2.27. The van der Waals surface area contributed by atoms with Crippen LogP contribution in [0, 0.1) is 5.92 Å². The van der Waals surface area contributed by atoms with Gasteiger partial charge in [-0.15, -0.1) is 0 Å². The van der Waals surface area contributed by atoms with Gasteiger partial charge >= 0.3 is 0 Å². The second kappa shape index (κ2) is 6.79. The molecule has 0 radical (unpaired) electrons. The summed E-state index contributed by atoms with van der Waals surface area (Å²) in [6, 6.07) is 6.40. The molecule has 0 bridgehead atoms. The van der Waals surface area contributed by atoms with E-state index in [1.165, 1.54) is 37.7 Å². The van der Waals surface area contributed by atoms with Gasteiger partial charge in [0.2, 0.25) is 0 Å². The van der Waals surface area contributed by atoms with Crippen molar-refractivity contribution >= 4 is 23.2 Å². The summed E-state index contributed by atoms with van der Waals surface area (Å²) in [5.41, 5.74) is 1.17. The van der Waals surface area contributed by atoms with E-state index in [1.54, 1.807) is 6.07 Å². The van der Waals surface area contributed by atoms with Crippen molar-refractivity contribution in [3.8, 4) is 0 Å². The summed E-state index contributed by atoms with van der Waals surface area (Å²) in [6.07, 6.45) is 6.64. The molecule has 0 aromatic heterocycles. The summed E-state index contributed by atoms with van der Waals surface area (Å²) in [4.78, 5) is 0. The van der Waals surface area contributed by atoms with E-state index in [2.05, 4.69) is 12.2 Å². The Morgan fingerprint density at radius 2 is 1.78 bits per heavy atom. The van der Waals surface area contributed by atoms with Crippen molar-refractivity contribution in [2.24, 2.45) is 5.92 Å². The average Bonchev–Trinajstić information content (AvgIpc) is 2.50. The van der Waals surface area contributed by atoms with Crippen LogP contribution in [0.2, 0.25) is 10.0 Å². The maximum absolute atomic E-state index is 6.00. The van der Waals surface area contributed by atoms with Gasteiger partial charge in [-0.25, -0.2) is 0 Å². The Hall–Kier alpha value is -0.240.